The number of rotatable bonds is 7. The van der Waals surface area contributed by atoms with Gasteiger partial charge in [0.2, 0.25) is 0 Å². The Morgan fingerprint density at radius 2 is 2.32 bits per heavy atom. The molecule has 0 aliphatic carbocycles. The zero-order chi connectivity index (χ0) is 15.9. The van der Waals surface area contributed by atoms with Crippen LogP contribution in [0.3, 0.4) is 0 Å². The first kappa shape index (κ1) is 16.7. The summed E-state index contributed by atoms with van der Waals surface area (Å²) in [6.07, 6.45) is 4.44. The number of carbonyl (C=O) groups is 1. The molecule has 2 heterocycles. The summed E-state index contributed by atoms with van der Waals surface area (Å²) in [5.41, 5.74) is 0.420. The van der Waals surface area contributed by atoms with Gasteiger partial charge in [-0.3, -0.25) is 4.79 Å². The predicted molar refractivity (Wildman–Crippen MR) is 86.3 cm³/mol. The summed E-state index contributed by atoms with van der Waals surface area (Å²) in [4.78, 5) is 23.0. The number of ether oxygens (including phenoxy) is 1. The van der Waals surface area contributed by atoms with E-state index in [-0.39, 0.29) is 12.0 Å². The Kier molecular flexibility index (Phi) is 6.12. The highest BCUT2D eigenvalue weighted by atomic mass is 16.5. The minimum Gasteiger partial charge on any atom is -0.376 e. The van der Waals surface area contributed by atoms with Crippen molar-refractivity contribution in [2.24, 2.45) is 0 Å². The fourth-order valence-corrected chi connectivity index (χ4v) is 2.48. The molecular formula is C16H26N4O2. The van der Waals surface area contributed by atoms with Gasteiger partial charge in [-0.2, -0.15) is 0 Å². The zero-order valence-electron chi connectivity index (χ0n) is 13.8. The molecule has 1 fully saturated rings. The first-order valence-electron chi connectivity index (χ1n) is 8.06. The minimum absolute atomic E-state index is 0.138. The van der Waals surface area contributed by atoms with E-state index in [1.54, 1.807) is 6.07 Å². The molecule has 0 radical (unpaired) electrons. The minimum atomic E-state index is -0.161. The lowest BCUT2D eigenvalue weighted by Crippen LogP contribution is -2.32. The van der Waals surface area contributed by atoms with Gasteiger partial charge in [0.1, 0.15) is 17.3 Å². The Balaban J connectivity index is 1.99. The number of anilines is 1. The lowest BCUT2D eigenvalue weighted by atomic mass is 10.2. The zero-order valence-corrected chi connectivity index (χ0v) is 13.8. The van der Waals surface area contributed by atoms with Crippen molar-refractivity contribution in [3.05, 3.63) is 17.6 Å². The number of unbranched alkanes of at least 4 members (excludes halogenated alkanes) is 1. The fraction of sp³-hybridized carbons (Fsp3) is 0.688. The number of hydrogen-bond acceptors (Lipinski definition) is 5. The highest BCUT2D eigenvalue weighted by Gasteiger charge is 2.18. The number of carbonyl (C=O) groups excluding carboxylic acids is 1. The van der Waals surface area contributed by atoms with Gasteiger partial charge in [-0.25, -0.2) is 9.97 Å². The van der Waals surface area contributed by atoms with Crippen LogP contribution in [0, 0.1) is 6.92 Å². The van der Waals surface area contributed by atoms with Crippen molar-refractivity contribution in [3.8, 4) is 0 Å². The number of amides is 1. The second-order valence-corrected chi connectivity index (χ2v) is 5.78. The average molecular weight is 306 g/mol. The Morgan fingerprint density at radius 1 is 1.50 bits per heavy atom. The van der Waals surface area contributed by atoms with Crippen molar-refractivity contribution >= 4 is 11.7 Å². The quantitative estimate of drug-likeness (QED) is 0.833. The van der Waals surface area contributed by atoms with Crippen molar-refractivity contribution in [1.82, 2.24) is 15.3 Å². The number of nitrogens with one attached hydrogen (secondary N) is 1. The highest BCUT2D eigenvalue weighted by Crippen LogP contribution is 2.13. The lowest BCUT2D eigenvalue weighted by Gasteiger charge is -2.18. The summed E-state index contributed by atoms with van der Waals surface area (Å²) in [6, 6.07) is 1.76. The highest BCUT2D eigenvalue weighted by molar-refractivity contribution is 5.92. The molecule has 0 saturated carbocycles. The summed E-state index contributed by atoms with van der Waals surface area (Å²) in [5.74, 6) is 1.25. The predicted octanol–water partition coefficient (Wildman–Crippen LogP) is 1.93. The van der Waals surface area contributed by atoms with Crippen molar-refractivity contribution < 1.29 is 9.53 Å². The van der Waals surface area contributed by atoms with Gasteiger partial charge in [-0.1, -0.05) is 13.3 Å². The molecule has 6 heteroatoms. The van der Waals surface area contributed by atoms with Crippen molar-refractivity contribution in [1.29, 1.82) is 0 Å². The fourth-order valence-electron chi connectivity index (χ4n) is 2.48. The van der Waals surface area contributed by atoms with Gasteiger partial charge in [0, 0.05) is 32.8 Å². The summed E-state index contributed by atoms with van der Waals surface area (Å²) >= 11 is 0. The summed E-state index contributed by atoms with van der Waals surface area (Å²) in [7, 11) is 1.99. The molecule has 1 aromatic rings. The third-order valence-corrected chi connectivity index (χ3v) is 3.81. The second-order valence-electron chi connectivity index (χ2n) is 5.78. The molecule has 1 aliphatic heterocycles. The molecule has 1 aromatic heterocycles. The van der Waals surface area contributed by atoms with Gasteiger partial charge in [-0.15, -0.1) is 0 Å². The second kappa shape index (κ2) is 8.08. The number of aryl methyl sites for hydroxylation is 1. The molecule has 122 valence electrons. The SMILES string of the molecule is CCCCN(C)c1cc(C(=O)NCC2CCCO2)nc(C)n1. The molecular weight excluding hydrogens is 280 g/mol. The van der Waals surface area contributed by atoms with Crippen LogP contribution in [0.5, 0.6) is 0 Å². The maximum Gasteiger partial charge on any atom is 0.270 e. The standard InChI is InChI=1S/C16H26N4O2/c1-4-5-8-20(3)15-10-14(18-12(2)19-15)16(21)17-11-13-7-6-9-22-13/h10,13H,4-9,11H2,1-3H3,(H,17,21). The molecule has 22 heavy (non-hydrogen) atoms. The monoisotopic (exact) mass is 306 g/mol. The van der Waals surface area contributed by atoms with Gasteiger partial charge < -0.3 is 15.0 Å². The van der Waals surface area contributed by atoms with Gasteiger partial charge >= 0.3 is 0 Å². The van der Waals surface area contributed by atoms with E-state index in [4.69, 9.17) is 4.74 Å². The van der Waals surface area contributed by atoms with Crippen LogP contribution >= 0.6 is 0 Å². The van der Waals surface area contributed by atoms with E-state index in [2.05, 4.69) is 27.1 Å². The molecule has 1 saturated heterocycles. The molecule has 1 aliphatic rings. The van der Waals surface area contributed by atoms with E-state index >= 15 is 0 Å². The molecule has 6 nitrogen and oxygen atoms in total. The van der Waals surface area contributed by atoms with Gasteiger partial charge in [0.25, 0.3) is 5.91 Å². The maximum atomic E-state index is 12.3. The van der Waals surface area contributed by atoms with Crippen LogP contribution in [-0.2, 0) is 4.74 Å². The Morgan fingerprint density at radius 3 is 3.00 bits per heavy atom. The summed E-state index contributed by atoms with van der Waals surface area (Å²) < 4.78 is 5.51. The number of nitrogens with zero attached hydrogens (tertiary/aromatic N) is 3. The van der Waals surface area contributed by atoms with Crippen LogP contribution in [-0.4, -0.2) is 48.7 Å². The maximum absolute atomic E-state index is 12.3. The van der Waals surface area contributed by atoms with Crippen LogP contribution in [0.1, 0.15) is 48.9 Å². The van der Waals surface area contributed by atoms with Crippen molar-refractivity contribution in [3.63, 3.8) is 0 Å². The van der Waals surface area contributed by atoms with E-state index < -0.39 is 0 Å². The summed E-state index contributed by atoms with van der Waals surface area (Å²) in [6.45, 7) is 6.23. The van der Waals surface area contributed by atoms with Crippen LogP contribution in [0.15, 0.2) is 6.07 Å². The third-order valence-electron chi connectivity index (χ3n) is 3.81. The normalized spacial score (nSPS) is 17.5. The number of aromatic nitrogens is 2. The molecule has 1 N–H and O–H groups in total. The van der Waals surface area contributed by atoms with Gasteiger partial charge in [-0.05, 0) is 26.2 Å². The van der Waals surface area contributed by atoms with Crippen molar-refractivity contribution in [2.75, 3.05) is 31.6 Å². The van der Waals surface area contributed by atoms with E-state index in [0.717, 1.165) is 44.7 Å². The molecule has 1 amide bonds. The van der Waals surface area contributed by atoms with Crippen LogP contribution in [0.4, 0.5) is 5.82 Å². The molecule has 0 aromatic carbocycles. The first-order valence-corrected chi connectivity index (χ1v) is 8.06. The first-order chi connectivity index (χ1) is 10.6. The van der Waals surface area contributed by atoms with Crippen molar-refractivity contribution in [2.45, 2.75) is 45.6 Å². The molecule has 1 unspecified atom stereocenters. The molecule has 2 rings (SSSR count). The Bertz CT molecular complexity index is 501. The average Bonchev–Trinajstić information content (AvgIpc) is 3.03. The third kappa shape index (κ3) is 4.66. The smallest absolute Gasteiger partial charge is 0.270 e. The molecule has 0 bridgehead atoms. The topological polar surface area (TPSA) is 67.4 Å². The Labute approximate surface area is 132 Å². The van der Waals surface area contributed by atoms with Gasteiger partial charge in [0.15, 0.2) is 0 Å². The largest absolute Gasteiger partial charge is 0.376 e. The van der Waals surface area contributed by atoms with E-state index in [1.807, 2.05) is 14.0 Å². The van der Waals surface area contributed by atoms with Crippen LogP contribution < -0.4 is 10.2 Å². The summed E-state index contributed by atoms with van der Waals surface area (Å²) in [5, 5.41) is 2.90. The number of hydrogen-bond donors (Lipinski definition) is 1. The van der Waals surface area contributed by atoms with Crippen LogP contribution in [0.25, 0.3) is 0 Å². The van der Waals surface area contributed by atoms with E-state index in [1.165, 1.54) is 0 Å². The molecule has 1 atom stereocenters. The van der Waals surface area contributed by atoms with E-state index in [0.29, 0.717) is 18.1 Å². The molecule has 0 spiro atoms. The lowest BCUT2D eigenvalue weighted by molar-refractivity contribution is 0.0853. The van der Waals surface area contributed by atoms with Gasteiger partial charge in [0.05, 0.1) is 6.10 Å². The van der Waals surface area contributed by atoms with E-state index in [9.17, 15) is 4.79 Å². The Hall–Kier alpha value is -1.69. The van der Waals surface area contributed by atoms with Crippen LogP contribution in [0.2, 0.25) is 0 Å².